The Labute approximate surface area is 86.1 Å². The fraction of sp³-hybridized carbons (Fsp3) is 0.727. The Hall–Kier alpha value is -0.830. The number of rotatable bonds is 6. The van der Waals surface area contributed by atoms with Gasteiger partial charge in [0.1, 0.15) is 0 Å². The van der Waals surface area contributed by atoms with Gasteiger partial charge in [-0.3, -0.25) is 0 Å². The van der Waals surface area contributed by atoms with Gasteiger partial charge in [-0.15, -0.1) is 0 Å². The summed E-state index contributed by atoms with van der Waals surface area (Å²) in [5.41, 5.74) is 0.374. The van der Waals surface area contributed by atoms with E-state index in [0.29, 0.717) is 18.1 Å². The smallest absolute Gasteiger partial charge is 0.335 e. The van der Waals surface area contributed by atoms with Gasteiger partial charge < -0.3 is 9.47 Å². The van der Waals surface area contributed by atoms with E-state index in [4.69, 9.17) is 9.47 Å². The third kappa shape index (κ3) is 5.02. The molecule has 3 heteroatoms. The zero-order valence-corrected chi connectivity index (χ0v) is 9.50. The molecule has 0 N–H and O–H groups in total. The molecule has 0 fully saturated rings. The first-order valence-corrected chi connectivity index (χ1v) is 4.95. The quantitative estimate of drug-likeness (QED) is 0.487. The molecule has 0 aromatic rings. The van der Waals surface area contributed by atoms with Crippen molar-refractivity contribution in [2.75, 3.05) is 13.2 Å². The normalized spacial score (nSPS) is 12.6. The van der Waals surface area contributed by atoms with Gasteiger partial charge in [0.25, 0.3) is 0 Å². The van der Waals surface area contributed by atoms with Gasteiger partial charge in [0.15, 0.2) is 0 Å². The van der Waals surface area contributed by atoms with Crippen molar-refractivity contribution in [3.63, 3.8) is 0 Å². The Kier molecular flexibility index (Phi) is 6.21. The van der Waals surface area contributed by atoms with Gasteiger partial charge in [-0.2, -0.15) is 0 Å². The minimum absolute atomic E-state index is 0.126. The summed E-state index contributed by atoms with van der Waals surface area (Å²) in [6.07, 6.45) is 0.126. The van der Waals surface area contributed by atoms with E-state index in [0.717, 1.165) is 0 Å². The lowest BCUT2D eigenvalue weighted by Gasteiger charge is -2.16. The maximum atomic E-state index is 11.1. The molecule has 3 nitrogen and oxygen atoms in total. The molecule has 0 rings (SSSR count). The molecule has 0 heterocycles. The van der Waals surface area contributed by atoms with Crippen LogP contribution in [0.5, 0.6) is 0 Å². The monoisotopic (exact) mass is 200 g/mol. The standard InChI is InChI=1S/C11H20O3/c1-6-13-11(12)9(4)7-14-10(5)8(2)3/h8,10H,4,6-7H2,1-3,5H3. The van der Waals surface area contributed by atoms with Gasteiger partial charge in [-0.1, -0.05) is 20.4 Å². The summed E-state index contributed by atoms with van der Waals surface area (Å²) in [6.45, 7) is 12.1. The molecule has 14 heavy (non-hydrogen) atoms. The van der Waals surface area contributed by atoms with E-state index >= 15 is 0 Å². The molecule has 0 bridgehead atoms. The van der Waals surface area contributed by atoms with Crippen LogP contribution in [0.2, 0.25) is 0 Å². The van der Waals surface area contributed by atoms with Crippen LogP contribution in [0, 0.1) is 5.92 Å². The summed E-state index contributed by atoms with van der Waals surface area (Å²) < 4.78 is 10.2. The first-order chi connectivity index (χ1) is 6.49. The Morgan fingerprint density at radius 1 is 1.36 bits per heavy atom. The molecule has 0 amide bonds. The van der Waals surface area contributed by atoms with Gasteiger partial charge in [-0.05, 0) is 19.8 Å². The first kappa shape index (κ1) is 13.2. The SMILES string of the molecule is C=C(COC(C)C(C)C)C(=O)OCC. The molecule has 0 saturated carbocycles. The largest absolute Gasteiger partial charge is 0.463 e. The van der Waals surface area contributed by atoms with Gasteiger partial charge in [0.05, 0.1) is 24.9 Å². The summed E-state index contributed by atoms with van der Waals surface area (Å²) in [6, 6.07) is 0. The molecule has 0 saturated heterocycles. The lowest BCUT2D eigenvalue weighted by atomic mass is 10.1. The number of hydrogen-bond acceptors (Lipinski definition) is 3. The molecule has 0 aliphatic rings. The number of carbonyl (C=O) groups is 1. The van der Waals surface area contributed by atoms with Gasteiger partial charge in [0.2, 0.25) is 0 Å². The average Bonchev–Trinajstić information content (AvgIpc) is 2.13. The molecular formula is C11H20O3. The highest BCUT2D eigenvalue weighted by molar-refractivity contribution is 5.87. The minimum atomic E-state index is -0.372. The van der Waals surface area contributed by atoms with Crippen LogP contribution in [-0.2, 0) is 14.3 Å². The van der Waals surface area contributed by atoms with Gasteiger partial charge in [0, 0.05) is 0 Å². The summed E-state index contributed by atoms with van der Waals surface area (Å²) in [5.74, 6) is 0.0634. The van der Waals surface area contributed by atoms with Crippen molar-refractivity contribution in [1.29, 1.82) is 0 Å². The molecule has 0 aromatic carbocycles. The Bertz CT molecular complexity index is 197. The zero-order valence-electron chi connectivity index (χ0n) is 9.50. The molecule has 0 spiro atoms. The molecule has 1 atom stereocenters. The van der Waals surface area contributed by atoms with Crippen molar-refractivity contribution < 1.29 is 14.3 Å². The Morgan fingerprint density at radius 2 is 1.93 bits per heavy atom. The van der Waals surface area contributed by atoms with Crippen LogP contribution in [0.1, 0.15) is 27.7 Å². The highest BCUT2D eigenvalue weighted by Gasteiger charge is 2.12. The second kappa shape index (κ2) is 6.60. The maximum Gasteiger partial charge on any atom is 0.335 e. The minimum Gasteiger partial charge on any atom is -0.463 e. The number of hydrogen-bond donors (Lipinski definition) is 0. The molecular weight excluding hydrogens is 180 g/mol. The van der Waals surface area contributed by atoms with Crippen LogP contribution in [0.15, 0.2) is 12.2 Å². The maximum absolute atomic E-state index is 11.1. The van der Waals surface area contributed by atoms with E-state index < -0.39 is 0 Å². The fourth-order valence-electron chi connectivity index (χ4n) is 0.717. The third-order valence-electron chi connectivity index (χ3n) is 2.02. The zero-order chi connectivity index (χ0) is 11.1. The first-order valence-electron chi connectivity index (χ1n) is 4.95. The predicted molar refractivity (Wildman–Crippen MR) is 56.0 cm³/mol. The van der Waals surface area contributed by atoms with E-state index in [-0.39, 0.29) is 18.7 Å². The number of esters is 1. The van der Waals surface area contributed by atoms with Crippen LogP contribution in [0.25, 0.3) is 0 Å². The second-order valence-electron chi connectivity index (χ2n) is 3.58. The highest BCUT2D eigenvalue weighted by atomic mass is 16.5. The van der Waals surface area contributed by atoms with E-state index in [1.807, 2.05) is 6.92 Å². The van der Waals surface area contributed by atoms with Crippen molar-refractivity contribution >= 4 is 5.97 Å². The van der Waals surface area contributed by atoms with E-state index in [1.54, 1.807) is 6.92 Å². The lowest BCUT2D eigenvalue weighted by Crippen LogP contribution is -2.19. The van der Waals surface area contributed by atoms with Crippen molar-refractivity contribution in [1.82, 2.24) is 0 Å². The number of ether oxygens (including phenoxy) is 2. The van der Waals surface area contributed by atoms with Crippen LogP contribution in [-0.4, -0.2) is 25.3 Å². The molecule has 0 aliphatic heterocycles. The molecule has 0 aliphatic carbocycles. The van der Waals surface area contributed by atoms with Crippen LogP contribution < -0.4 is 0 Å². The van der Waals surface area contributed by atoms with E-state index in [1.165, 1.54) is 0 Å². The van der Waals surface area contributed by atoms with Crippen molar-refractivity contribution in [2.24, 2.45) is 5.92 Å². The summed E-state index contributed by atoms with van der Waals surface area (Å²) in [5, 5.41) is 0. The Morgan fingerprint density at radius 3 is 2.36 bits per heavy atom. The topological polar surface area (TPSA) is 35.5 Å². The fourth-order valence-corrected chi connectivity index (χ4v) is 0.717. The molecule has 1 unspecified atom stereocenters. The van der Waals surface area contributed by atoms with Gasteiger partial charge in [-0.25, -0.2) is 4.79 Å². The second-order valence-corrected chi connectivity index (χ2v) is 3.58. The summed E-state index contributed by atoms with van der Waals surface area (Å²) >= 11 is 0. The lowest BCUT2D eigenvalue weighted by molar-refractivity contribution is -0.139. The predicted octanol–water partition coefficient (Wildman–Crippen LogP) is 2.17. The van der Waals surface area contributed by atoms with Crippen LogP contribution in [0.3, 0.4) is 0 Å². The molecule has 82 valence electrons. The summed E-state index contributed by atoms with van der Waals surface area (Å²) in [4.78, 5) is 11.1. The van der Waals surface area contributed by atoms with E-state index in [2.05, 4.69) is 20.4 Å². The Balaban J connectivity index is 3.79. The average molecular weight is 200 g/mol. The van der Waals surface area contributed by atoms with Gasteiger partial charge >= 0.3 is 5.97 Å². The number of carbonyl (C=O) groups excluding carboxylic acids is 1. The summed E-state index contributed by atoms with van der Waals surface area (Å²) in [7, 11) is 0. The van der Waals surface area contributed by atoms with Crippen molar-refractivity contribution in [3.05, 3.63) is 12.2 Å². The van der Waals surface area contributed by atoms with Crippen molar-refractivity contribution in [2.45, 2.75) is 33.8 Å². The van der Waals surface area contributed by atoms with E-state index in [9.17, 15) is 4.79 Å². The molecule has 0 aromatic heterocycles. The molecule has 0 radical (unpaired) electrons. The van der Waals surface area contributed by atoms with Crippen LogP contribution in [0.4, 0.5) is 0 Å². The van der Waals surface area contributed by atoms with Crippen LogP contribution >= 0.6 is 0 Å². The third-order valence-corrected chi connectivity index (χ3v) is 2.02. The highest BCUT2D eigenvalue weighted by Crippen LogP contribution is 2.07. The van der Waals surface area contributed by atoms with Crippen molar-refractivity contribution in [3.8, 4) is 0 Å².